The average molecular weight is 374 g/mol. The van der Waals surface area contributed by atoms with E-state index < -0.39 is 10.0 Å². The number of hydrogen-bond donors (Lipinski definition) is 1. The van der Waals surface area contributed by atoms with Crippen molar-refractivity contribution < 1.29 is 13.2 Å². The second-order valence-corrected chi connectivity index (χ2v) is 8.18. The minimum atomic E-state index is -3.64. The maximum atomic E-state index is 12.4. The predicted octanol–water partition coefficient (Wildman–Crippen LogP) is 4.24. The number of benzene rings is 2. The molecule has 1 N–H and O–H groups in total. The molecule has 2 aromatic carbocycles. The molecule has 0 saturated heterocycles. The fraction of sp³-hybridized carbons (Fsp3) is 0.167. The zero-order valence-corrected chi connectivity index (χ0v) is 15.7. The summed E-state index contributed by atoms with van der Waals surface area (Å²) in [4.78, 5) is 4.61. The molecule has 0 unspecified atom stereocenters. The smallest absolute Gasteiger partial charge is 0.263 e. The van der Waals surface area contributed by atoms with E-state index in [0.29, 0.717) is 5.13 Å². The Morgan fingerprint density at radius 3 is 2.44 bits per heavy atom. The van der Waals surface area contributed by atoms with Crippen LogP contribution in [-0.2, 0) is 10.0 Å². The van der Waals surface area contributed by atoms with Crippen molar-refractivity contribution in [2.24, 2.45) is 0 Å². The Bertz CT molecular complexity index is 993. The number of nitrogens with one attached hydrogen (secondary N) is 1. The third-order valence-electron chi connectivity index (χ3n) is 3.75. The largest absolute Gasteiger partial charge is 0.496 e. The van der Waals surface area contributed by atoms with Gasteiger partial charge in [-0.2, -0.15) is 0 Å². The summed E-state index contributed by atoms with van der Waals surface area (Å²) in [6.07, 6.45) is 0. The molecule has 3 aromatic rings. The molecule has 25 heavy (non-hydrogen) atoms. The van der Waals surface area contributed by atoms with E-state index >= 15 is 0 Å². The Labute approximate surface area is 151 Å². The second kappa shape index (κ2) is 6.85. The summed E-state index contributed by atoms with van der Waals surface area (Å²) in [6, 6.07) is 12.4. The van der Waals surface area contributed by atoms with Crippen molar-refractivity contribution in [2.75, 3.05) is 11.8 Å². The van der Waals surface area contributed by atoms with E-state index in [1.165, 1.54) is 11.3 Å². The van der Waals surface area contributed by atoms with Crippen LogP contribution < -0.4 is 9.46 Å². The maximum absolute atomic E-state index is 12.4. The van der Waals surface area contributed by atoms with Crippen molar-refractivity contribution in [3.05, 3.63) is 59.0 Å². The molecule has 0 aliphatic heterocycles. The molecule has 130 valence electrons. The number of hydrogen-bond acceptors (Lipinski definition) is 5. The van der Waals surface area contributed by atoms with Crippen molar-refractivity contribution in [2.45, 2.75) is 18.7 Å². The zero-order chi connectivity index (χ0) is 18.0. The first-order valence-corrected chi connectivity index (χ1v) is 9.95. The van der Waals surface area contributed by atoms with Gasteiger partial charge >= 0.3 is 0 Å². The van der Waals surface area contributed by atoms with Crippen LogP contribution in [0.5, 0.6) is 5.75 Å². The second-order valence-electron chi connectivity index (χ2n) is 5.64. The number of aromatic nitrogens is 1. The molecule has 3 rings (SSSR count). The van der Waals surface area contributed by atoms with Gasteiger partial charge in [0, 0.05) is 10.9 Å². The molecule has 1 heterocycles. The lowest BCUT2D eigenvalue weighted by atomic mass is 10.1. The summed E-state index contributed by atoms with van der Waals surface area (Å²) in [5.41, 5.74) is 3.63. The van der Waals surface area contributed by atoms with Crippen LogP contribution in [0.15, 0.2) is 52.7 Å². The molecular weight excluding hydrogens is 356 g/mol. The van der Waals surface area contributed by atoms with Gasteiger partial charge in [0.2, 0.25) is 0 Å². The quantitative estimate of drug-likeness (QED) is 0.725. The van der Waals surface area contributed by atoms with Gasteiger partial charge in [0.15, 0.2) is 5.13 Å². The summed E-state index contributed by atoms with van der Waals surface area (Å²) in [7, 11) is -2.01. The van der Waals surface area contributed by atoms with E-state index in [9.17, 15) is 8.42 Å². The van der Waals surface area contributed by atoms with Gasteiger partial charge in [0.05, 0.1) is 17.7 Å². The minimum Gasteiger partial charge on any atom is -0.496 e. The summed E-state index contributed by atoms with van der Waals surface area (Å²) >= 11 is 1.25. The molecule has 0 bridgehead atoms. The highest BCUT2D eigenvalue weighted by atomic mass is 32.2. The minimum absolute atomic E-state index is 0.218. The number of anilines is 1. The van der Waals surface area contributed by atoms with Gasteiger partial charge in [-0.25, -0.2) is 13.4 Å². The first kappa shape index (κ1) is 17.4. The Morgan fingerprint density at radius 2 is 1.80 bits per heavy atom. The van der Waals surface area contributed by atoms with E-state index in [1.54, 1.807) is 31.4 Å². The number of aryl methyl sites for hydroxylation is 2. The molecule has 0 amide bonds. The molecule has 0 aliphatic carbocycles. The van der Waals surface area contributed by atoms with E-state index in [4.69, 9.17) is 4.74 Å². The standard InChI is InChI=1S/C18H18N2O3S2/c1-12-4-7-15(8-5-12)25(21,22)20-18-19-16(11-24-18)14-6-9-17(23-3)13(2)10-14/h4-11H,1-3H3,(H,19,20). The van der Waals surface area contributed by atoms with Gasteiger partial charge in [-0.05, 0) is 49.7 Å². The lowest BCUT2D eigenvalue weighted by Crippen LogP contribution is -2.12. The van der Waals surface area contributed by atoms with Gasteiger partial charge in [0.1, 0.15) is 5.75 Å². The fourth-order valence-electron chi connectivity index (χ4n) is 2.38. The Kier molecular flexibility index (Phi) is 4.78. The van der Waals surface area contributed by atoms with Crippen molar-refractivity contribution in [3.8, 4) is 17.0 Å². The molecule has 0 atom stereocenters. The number of sulfonamides is 1. The van der Waals surface area contributed by atoms with Gasteiger partial charge < -0.3 is 4.74 Å². The molecular formula is C18H18N2O3S2. The zero-order valence-electron chi connectivity index (χ0n) is 14.1. The van der Waals surface area contributed by atoms with Gasteiger partial charge in [0.25, 0.3) is 10.0 Å². The molecule has 0 saturated carbocycles. The maximum Gasteiger partial charge on any atom is 0.263 e. The van der Waals surface area contributed by atoms with Crippen molar-refractivity contribution >= 4 is 26.5 Å². The van der Waals surface area contributed by atoms with Crippen molar-refractivity contribution in [3.63, 3.8) is 0 Å². The molecule has 0 radical (unpaired) electrons. The summed E-state index contributed by atoms with van der Waals surface area (Å²) < 4.78 is 32.7. The van der Waals surface area contributed by atoms with Crippen LogP contribution in [0.4, 0.5) is 5.13 Å². The van der Waals surface area contributed by atoms with E-state index in [-0.39, 0.29) is 4.90 Å². The Hall–Kier alpha value is -2.38. The summed E-state index contributed by atoms with van der Waals surface area (Å²) in [5.74, 6) is 0.805. The van der Waals surface area contributed by atoms with Gasteiger partial charge in [-0.15, -0.1) is 11.3 Å². The first-order valence-electron chi connectivity index (χ1n) is 7.59. The highest BCUT2D eigenvalue weighted by molar-refractivity contribution is 7.93. The van der Waals surface area contributed by atoms with E-state index in [1.807, 2.05) is 37.4 Å². The van der Waals surface area contributed by atoms with Gasteiger partial charge in [-0.1, -0.05) is 17.7 Å². The molecule has 0 aliphatic rings. The lowest BCUT2D eigenvalue weighted by Gasteiger charge is -2.06. The molecule has 0 spiro atoms. The van der Waals surface area contributed by atoms with Crippen LogP contribution in [0, 0.1) is 13.8 Å². The number of rotatable bonds is 5. The molecule has 1 aromatic heterocycles. The fourth-order valence-corrected chi connectivity index (χ4v) is 4.35. The monoisotopic (exact) mass is 374 g/mol. The van der Waals surface area contributed by atoms with Crippen molar-refractivity contribution in [1.29, 1.82) is 0 Å². The number of thiazole rings is 1. The third kappa shape index (κ3) is 3.83. The molecule has 0 fully saturated rings. The van der Waals surface area contributed by atoms with E-state index in [2.05, 4.69) is 9.71 Å². The third-order valence-corrected chi connectivity index (χ3v) is 5.99. The van der Waals surface area contributed by atoms with Crippen LogP contribution in [0.1, 0.15) is 11.1 Å². The van der Waals surface area contributed by atoms with Gasteiger partial charge in [-0.3, -0.25) is 4.72 Å². The van der Waals surface area contributed by atoms with E-state index in [0.717, 1.165) is 28.1 Å². The van der Waals surface area contributed by atoms with Crippen molar-refractivity contribution in [1.82, 2.24) is 4.98 Å². The number of methoxy groups -OCH3 is 1. The van der Waals surface area contributed by atoms with Crippen LogP contribution in [-0.4, -0.2) is 20.5 Å². The summed E-state index contributed by atoms with van der Waals surface area (Å²) in [6.45, 7) is 3.86. The van der Waals surface area contributed by atoms with Crippen LogP contribution >= 0.6 is 11.3 Å². The number of ether oxygens (including phenoxy) is 1. The SMILES string of the molecule is COc1ccc(-c2csc(NS(=O)(=O)c3ccc(C)cc3)n2)cc1C. The van der Waals surface area contributed by atoms with Crippen LogP contribution in [0.25, 0.3) is 11.3 Å². The highest BCUT2D eigenvalue weighted by Gasteiger charge is 2.16. The summed E-state index contributed by atoms with van der Waals surface area (Å²) in [5, 5.41) is 2.16. The van der Waals surface area contributed by atoms with Crippen LogP contribution in [0.2, 0.25) is 0 Å². The average Bonchev–Trinajstić information content (AvgIpc) is 3.03. The predicted molar refractivity (Wildman–Crippen MR) is 101 cm³/mol. The number of nitrogens with zero attached hydrogens (tertiary/aromatic N) is 1. The Morgan fingerprint density at radius 1 is 1.08 bits per heavy atom. The Balaban J connectivity index is 1.84. The molecule has 7 heteroatoms. The normalized spacial score (nSPS) is 11.3. The topological polar surface area (TPSA) is 68.3 Å². The lowest BCUT2D eigenvalue weighted by molar-refractivity contribution is 0.412. The molecule has 5 nitrogen and oxygen atoms in total. The van der Waals surface area contributed by atoms with Crippen LogP contribution in [0.3, 0.4) is 0 Å². The highest BCUT2D eigenvalue weighted by Crippen LogP contribution is 2.29. The first-order chi connectivity index (χ1) is 11.9.